The molecule has 0 spiro atoms. The molecule has 1 aromatic rings. The molecule has 0 amide bonds. The van der Waals surface area contributed by atoms with Crippen LogP contribution < -0.4 is 0 Å². The lowest BCUT2D eigenvalue weighted by Gasteiger charge is -2.40. The van der Waals surface area contributed by atoms with E-state index in [0.29, 0.717) is 6.04 Å². The molecule has 3 heteroatoms. The lowest BCUT2D eigenvalue weighted by molar-refractivity contribution is 0.101. The molecule has 1 fully saturated rings. The van der Waals surface area contributed by atoms with Gasteiger partial charge in [-0.3, -0.25) is 9.69 Å². The number of rotatable bonds is 2. The summed E-state index contributed by atoms with van der Waals surface area (Å²) in [6.07, 6.45) is 3.50. The van der Waals surface area contributed by atoms with Crippen LogP contribution in [0.5, 0.6) is 0 Å². The van der Waals surface area contributed by atoms with Crippen LogP contribution >= 0.6 is 0 Å². The van der Waals surface area contributed by atoms with E-state index in [1.807, 2.05) is 6.07 Å². The van der Waals surface area contributed by atoms with Crippen LogP contribution in [0.25, 0.3) is 0 Å². The van der Waals surface area contributed by atoms with Gasteiger partial charge < -0.3 is 4.90 Å². The summed E-state index contributed by atoms with van der Waals surface area (Å²) in [5, 5.41) is 0. The molecule has 0 N–H and O–H groups in total. The Morgan fingerprint density at radius 1 is 1.15 bits per heavy atom. The van der Waals surface area contributed by atoms with Gasteiger partial charge in [0.2, 0.25) is 0 Å². The van der Waals surface area contributed by atoms with E-state index in [9.17, 15) is 4.79 Å². The first-order chi connectivity index (χ1) is 9.63. The first-order valence-electron chi connectivity index (χ1n) is 7.69. The first kappa shape index (κ1) is 13.8. The van der Waals surface area contributed by atoms with E-state index in [1.165, 1.54) is 43.7 Å². The molecule has 3 nitrogen and oxygen atoms in total. The third kappa shape index (κ3) is 2.79. The number of nitrogens with zero attached hydrogens (tertiary/aromatic N) is 2. The van der Waals surface area contributed by atoms with Crippen LogP contribution in [0, 0.1) is 0 Å². The number of benzene rings is 1. The summed E-state index contributed by atoms with van der Waals surface area (Å²) in [5.74, 6) is 0.175. The molecular formula is C17H24N2O. The van der Waals surface area contributed by atoms with Gasteiger partial charge in [0.1, 0.15) is 0 Å². The van der Waals surface area contributed by atoms with Crippen LogP contribution in [0.1, 0.15) is 34.8 Å². The summed E-state index contributed by atoms with van der Waals surface area (Å²) in [4.78, 5) is 16.5. The van der Waals surface area contributed by atoms with E-state index in [-0.39, 0.29) is 5.78 Å². The largest absolute Gasteiger partial charge is 0.304 e. The van der Waals surface area contributed by atoms with Gasteiger partial charge in [0.05, 0.1) is 0 Å². The molecule has 20 heavy (non-hydrogen) atoms. The number of aryl methyl sites for hydroxylation is 1. The molecule has 1 saturated heterocycles. The highest BCUT2D eigenvalue weighted by Gasteiger charge is 2.26. The fourth-order valence-corrected chi connectivity index (χ4v) is 3.45. The Bertz CT molecular complexity index is 504. The van der Waals surface area contributed by atoms with Crippen LogP contribution in [0.2, 0.25) is 0 Å². The zero-order chi connectivity index (χ0) is 14.1. The second-order valence-corrected chi connectivity index (χ2v) is 6.28. The lowest BCUT2D eigenvalue weighted by Crippen LogP contribution is -2.50. The Labute approximate surface area is 121 Å². The molecule has 1 aliphatic heterocycles. The predicted octanol–water partition coefficient (Wildman–Crippen LogP) is 1.99. The maximum Gasteiger partial charge on any atom is 0.159 e. The number of hydrogen-bond acceptors (Lipinski definition) is 3. The van der Waals surface area contributed by atoms with Crippen LogP contribution in [-0.2, 0) is 12.8 Å². The van der Waals surface area contributed by atoms with Crippen molar-refractivity contribution in [2.75, 3.05) is 33.2 Å². The maximum absolute atomic E-state index is 11.5. The van der Waals surface area contributed by atoms with Gasteiger partial charge >= 0.3 is 0 Å². The van der Waals surface area contributed by atoms with Gasteiger partial charge in [-0.15, -0.1) is 0 Å². The number of ketones is 1. The third-order valence-corrected chi connectivity index (χ3v) is 4.87. The molecule has 2 aliphatic rings. The van der Waals surface area contributed by atoms with Crippen molar-refractivity contribution >= 4 is 5.78 Å². The highest BCUT2D eigenvalue weighted by molar-refractivity contribution is 5.94. The van der Waals surface area contributed by atoms with Crippen molar-refractivity contribution in [2.24, 2.45) is 0 Å². The molecule has 1 aliphatic carbocycles. The van der Waals surface area contributed by atoms with Gasteiger partial charge in [0.25, 0.3) is 0 Å². The summed E-state index contributed by atoms with van der Waals surface area (Å²) in [5.41, 5.74) is 3.70. The van der Waals surface area contributed by atoms with Crippen molar-refractivity contribution in [1.29, 1.82) is 0 Å². The molecule has 1 unspecified atom stereocenters. The van der Waals surface area contributed by atoms with Gasteiger partial charge in [-0.25, -0.2) is 0 Å². The zero-order valence-corrected chi connectivity index (χ0v) is 12.6. The molecular weight excluding hydrogens is 248 g/mol. The van der Waals surface area contributed by atoms with Gasteiger partial charge in [-0.1, -0.05) is 12.1 Å². The van der Waals surface area contributed by atoms with Crippen LogP contribution in [0.15, 0.2) is 18.2 Å². The van der Waals surface area contributed by atoms with Crippen molar-refractivity contribution in [2.45, 2.75) is 32.2 Å². The quantitative estimate of drug-likeness (QED) is 0.769. The lowest BCUT2D eigenvalue weighted by atomic mass is 9.86. The van der Waals surface area contributed by atoms with Crippen molar-refractivity contribution < 1.29 is 4.79 Å². The van der Waals surface area contributed by atoms with Crippen molar-refractivity contribution in [3.05, 3.63) is 34.9 Å². The monoisotopic (exact) mass is 272 g/mol. The Hall–Kier alpha value is -1.19. The fraction of sp³-hybridized carbons (Fsp3) is 0.588. The van der Waals surface area contributed by atoms with E-state index in [4.69, 9.17) is 0 Å². The fourth-order valence-electron chi connectivity index (χ4n) is 3.45. The molecule has 0 saturated carbocycles. The van der Waals surface area contributed by atoms with Gasteiger partial charge in [-0.2, -0.15) is 0 Å². The number of Topliss-reactive ketones (excluding diaryl/α,β-unsaturated/α-hetero) is 1. The molecule has 1 heterocycles. The Balaban J connectivity index is 1.71. The molecule has 1 atom stereocenters. The van der Waals surface area contributed by atoms with E-state index < -0.39 is 0 Å². The van der Waals surface area contributed by atoms with Crippen LogP contribution in [0.3, 0.4) is 0 Å². The van der Waals surface area contributed by atoms with Crippen LogP contribution in [-0.4, -0.2) is 54.9 Å². The van der Waals surface area contributed by atoms with Crippen molar-refractivity contribution in [3.8, 4) is 0 Å². The summed E-state index contributed by atoms with van der Waals surface area (Å²) in [6.45, 7) is 6.42. The number of likely N-dealkylation sites (N-methyl/N-ethyl adjacent to an activating group) is 1. The highest BCUT2D eigenvalue weighted by atomic mass is 16.1. The zero-order valence-electron chi connectivity index (χ0n) is 12.6. The molecule has 3 rings (SSSR count). The minimum atomic E-state index is 0.175. The van der Waals surface area contributed by atoms with Gasteiger partial charge in [0, 0.05) is 37.8 Å². The summed E-state index contributed by atoms with van der Waals surface area (Å²) >= 11 is 0. The Morgan fingerprint density at radius 3 is 2.60 bits per heavy atom. The molecule has 108 valence electrons. The molecule has 0 aromatic heterocycles. The van der Waals surface area contributed by atoms with E-state index in [2.05, 4.69) is 29.0 Å². The first-order valence-corrected chi connectivity index (χ1v) is 7.69. The predicted molar refractivity (Wildman–Crippen MR) is 81.3 cm³/mol. The second-order valence-electron chi connectivity index (χ2n) is 6.28. The summed E-state index contributed by atoms with van der Waals surface area (Å²) < 4.78 is 0. The maximum atomic E-state index is 11.5. The van der Waals surface area contributed by atoms with Gasteiger partial charge in [-0.05, 0) is 50.4 Å². The van der Waals surface area contributed by atoms with Crippen LogP contribution in [0.4, 0.5) is 0 Å². The summed E-state index contributed by atoms with van der Waals surface area (Å²) in [7, 11) is 2.21. The number of hydrogen-bond donors (Lipinski definition) is 0. The third-order valence-electron chi connectivity index (χ3n) is 4.87. The Morgan fingerprint density at radius 2 is 1.90 bits per heavy atom. The van der Waals surface area contributed by atoms with E-state index >= 15 is 0 Å². The molecule has 0 bridgehead atoms. The number of piperazine rings is 1. The average Bonchev–Trinajstić information content (AvgIpc) is 2.47. The molecule has 0 radical (unpaired) electrons. The van der Waals surface area contributed by atoms with Crippen molar-refractivity contribution in [1.82, 2.24) is 9.80 Å². The number of fused-ring (bicyclic) bond motifs is 1. The van der Waals surface area contributed by atoms with Gasteiger partial charge in [0.15, 0.2) is 5.78 Å². The van der Waals surface area contributed by atoms with Crippen molar-refractivity contribution in [3.63, 3.8) is 0 Å². The minimum absolute atomic E-state index is 0.175. The number of carbonyl (C=O) groups is 1. The highest BCUT2D eigenvalue weighted by Crippen LogP contribution is 2.26. The van der Waals surface area contributed by atoms with E-state index in [0.717, 1.165) is 18.4 Å². The second kappa shape index (κ2) is 5.66. The summed E-state index contributed by atoms with van der Waals surface area (Å²) in [6, 6.07) is 6.97. The topological polar surface area (TPSA) is 23.6 Å². The minimum Gasteiger partial charge on any atom is -0.304 e. The Kier molecular flexibility index (Phi) is 3.90. The SMILES string of the molecule is CC(=O)c1ccc2c(c1)CCC(N1CCN(C)CC1)C2. The normalized spacial score (nSPS) is 24.4. The standard InChI is InChI=1S/C17H24N2O/c1-13(20)14-3-4-16-12-17(6-5-15(16)11-14)19-9-7-18(2)8-10-19/h3-4,11,17H,5-10,12H2,1-2H3. The number of carbonyl (C=O) groups excluding carboxylic acids is 1. The van der Waals surface area contributed by atoms with E-state index in [1.54, 1.807) is 6.92 Å². The smallest absolute Gasteiger partial charge is 0.159 e. The molecule has 1 aromatic carbocycles. The average molecular weight is 272 g/mol.